The molecular formula is C14H23ClN6O5. The van der Waals surface area contributed by atoms with Crippen molar-refractivity contribution in [2.24, 2.45) is 11.7 Å². The molecule has 2 aromatic rings. The first-order chi connectivity index (χ1) is 11.7. The van der Waals surface area contributed by atoms with E-state index in [1.807, 2.05) is 0 Å². The Hall–Kier alpha value is -2.21. The van der Waals surface area contributed by atoms with E-state index in [-0.39, 0.29) is 42.5 Å². The molecule has 2 aromatic heterocycles. The Morgan fingerprint density at radius 3 is 2.69 bits per heavy atom. The number of halogens is 1. The molecule has 6 N–H and O–H groups in total. The van der Waals surface area contributed by atoms with E-state index in [9.17, 15) is 9.59 Å². The first-order valence-electron chi connectivity index (χ1n) is 7.62. The summed E-state index contributed by atoms with van der Waals surface area (Å²) in [4.78, 5) is 35.0. The smallest absolute Gasteiger partial charge is 0.350 e. The van der Waals surface area contributed by atoms with Gasteiger partial charge < -0.3 is 20.3 Å². The van der Waals surface area contributed by atoms with Gasteiger partial charge in [0, 0.05) is 26.1 Å². The van der Waals surface area contributed by atoms with Gasteiger partial charge in [0.25, 0.3) is 5.56 Å². The number of carbonyl (C=O) groups is 1. The summed E-state index contributed by atoms with van der Waals surface area (Å²) in [6.45, 7) is 3.18. The van der Waals surface area contributed by atoms with Gasteiger partial charge in [0.15, 0.2) is 16.8 Å². The maximum atomic E-state index is 12.8. The number of ether oxygens (including phenoxy) is 2. The third-order valence-electron chi connectivity index (χ3n) is 3.90. The fourth-order valence-electron chi connectivity index (χ4n) is 2.35. The number of hydrogen-bond acceptors (Lipinski definition) is 9. The summed E-state index contributed by atoms with van der Waals surface area (Å²) in [5.41, 5.74) is 9.73. The molecule has 12 heteroatoms. The minimum Gasteiger partial charge on any atom is -0.433 e. The van der Waals surface area contributed by atoms with Crippen LogP contribution in [0, 0.1) is 5.92 Å². The summed E-state index contributed by atoms with van der Waals surface area (Å²) in [7, 11) is 1.34. The molecule has 0 aliphatic heterocycles. The lowest BCUT2D eigenvalue weighted by molar-refractivity contribution is -0.188. The zero-order valence-corrected chi connectivity index (χ0v) is 15.4. The molecule has 146 valence electrons. The number of hydrogen-bond donors (Lipinski definition) is 4. The fourth-order valence-corrected chi connectivity index (χ4v) is 2.35. The molecule has 0 bridgehead atoms. The van der Waals surface area contributed by atoms with Crippen LogP contribution in [0.25, 0.3) is 11.2 Å². The molecule has 0 spiro atoms. The molecule has 0 saturated carbocycles. The van der Waals surface area contributed by atoms with Crippen LogP contribution in [0.5, 0.6) is 0 Å². The number of aromatic nitrogens is 4. The van der Waals surface area contributed by atoms with Gasteiger partial charge in [0.05, 0.1) is 6.33 Å². The number of imidazole rings is 1. The van der Waals surface area contributed by atoms with Crippen LogP contribution in [0.2, 0.25) is 0 Å². The number of nitrogen functional groups attached to an aromatic ring is 1. The van der Waals surface area contributed by atoms with Crippen LogP contribution < -0.4 is 17.0 Å². The Morgan fingerprint density at radius 1 is 1.50 bits per heavy atom. The number of nitrogens with two attached hydrogens (primary N) is 2. The quantitative estimate of drug-likeness (QED) is 0.352. The lowest BCUT2D eigenvalue weighted by Crippen LogP contribution is -2.56. The monoisotopic (exact) mass is 390 g/mol. The van der Waals surface area contributed by atoms with Gasteiger partial charge in [-0.25, -0.2) is 9.78 Å². The number of rotatable bonds is 7. The number of esters is 1. The van der Waals surface area contributed by atoms with Gasteiger partial charge in [-0.2, -0.15) is 4.98 Å². The van der Waals surface area contributed by atoms with Crippen molar-refractivity contribution in [1.82, 2.24) is 19.5 Å². The van der Waals surface area contributed by atoms with Gasteiger partial charge in [0.1, 0.15) is 0 Å². The van der Waals surface area contributed by atoms with E-state index >= 15 is 0 Å². The zero-order chi connectivity index (χ0) is 18.8. The summed E-state index contributed by atoms with van der Waals surface area (Å²) in [5, 5.41) is 9.00. The van der Waals surface area contributed by atoms with Crippen LogP contribution in [0.1, 0.15) is 20.3 Å². The number of aromatic amines is 1. The Balaban J connectivity index is 0.00000338. The van der Waals surface area contributed by atoms with E-state index in [4.69, 9.17) is 26.0 Å². The third kappa shape index (κ3) is 3.80. The lowest BCUT2D eigenvalue weighted by Gasteiger charge is -2.33. The molecule has 2 atom stereocenters. The van der Waals surface area contributed by atoms with Crippen molar-refractivity contribution in [3.05, 3.63) is 16.7 Å². The SMILES string of the molecule is COC(CCO)OC(=O)[C@@](N)(C(C)C)n1cnc2c(=O)[nH]c(N)nc21.Cl. The summed E-state index contributed by atoms with van der Waals surface area (Å²) in [5.74, 6) is -1.40. The highest BCUT2D eigenvalue weighted by Gasteiger charge is 2.44. The van der Waals surface area contributed by atoms with E-state index in [2.05, 4.69) is 15.0 Å². The van der Waals surface area contributed by atoms with Gasteiger partial charge in [-0.1, -0.05) is 13.8 Å². The van der Waals surface area contributed by atoms with Crippen LogP contribution >= 0.6 is 12.4 Å². The molecule has 2 heterocycles. The Bertz CT molecular complexity index is 822. The second kappa shape index (κ2) is 8.45. The first kappa shape index (κ1) is 21.8. The Morgan fingerprint density at radius 2 is 2.15 bits per heavy atom. The number of anilines is 1. The van der Waals surface area contributed by atoms with E-state index < -0.39 is 29.4 Å². The Labute approximate surface area is 155 Å². The van der Waals surface area contributed by atoms with E-state index in [0.717, 1.165) is 0 Å². The molecule has 0 saturated heterocycles. The van der Waals surface area contributed by atoms with E-state index in [1.54, 1.807) is 13.8 Å². The highest BCUT2D eigenvalue weighted by molar-refractivity contribution is 5.85. The second-order valence-electron chi connectivity index (χ2n) is 5.80. The molecule has 26 heavy (non-hydrogen) atoms. The minimum atomic E-state index is -1.71. The molecule has 0 aliphatic rings. The van der Waals surface area contributed by atoms with E-state index in [0.29, 0.717) is 0 Å². The van der Waals surface area contributed by atoms with Gasteiger partial charge in [0.2, 0.25) is 12.2 Å². The highest BCUT2D eigenvalue weighted by Crippen LogP contribution is 2.26. The third-order valence-corrected chi connectivity index (χ3v) is 3.90. The standard InChI is InChI=1S/C14H22N6O5.ClH/c1-7(2)14(16,12(23)25-8(24-3)4-5-21)20-6-17-9-10(20)18-13(15)19-11(9)22;/h6-8,21H,4-5,16H2,1-3H3,(H3,15,18,19,22);1H/t8?,14-;/m1./s1. The predicted octanol–water partition coefficient (Wildman–Crippen LogP) is -0.711. The summed E-state index contributed by atoms with van der Waals surface area (Å²) >= 11 is 0. The van der Waals surface area contributed by atoms with Crippen molar-refractivity contribution in [3.8, 4) is 0 Å². The number of carbonyl (C=O) groups excluding carboxylic acids is 1. The van der Waals surface area contributed by atoms with E-state index in [1.165, 1.54) is 18.0 Å². The number of aliphatic hydroxyl groups excluding tert-OH is 1. The molecule has 0 amide bonds. The highest BCUT2D eigenvalue weighted by atomic mass is 35.5. The van der Waals surface area contributed by atoms with Gasteiger partial charge in [-0.05, 0) is 0 Å². The van der Waals surface area contributed by atoms with Crippen LogP contribution in [0.3, 0.4) is 0 Å². The van der Waals surface area contributed by atoms with Crippen LogP contribution in [0.4, 0.5) is 5.95 Å². The second-order valence-corrected chi connectivity index (χ2v) is 5.80. The number of nitrogens with one attached hydrogen (secondary N) is 1. The topological polar surface area (TPSA) is 171 Å². The molecule has 0 aliphatic carbocycles. The van der Waals surface area contributed by atoms with Crippen LogP contribution in [-0.4, -0.2) is 50.6 Å². The lowest BCUT2D eigenvalue weighted by atomic mass is 9.96. The van der Waals surface area contributed by atoms with Gasteiger partial charge in [-0.15, -0.1) is 12.4 Å². The maximum absolute atomic E-state index is 12.8. The molecule has 0 aromatic carbocycles. The summed E-state index contributed by atoms with van der Waals surface area (Å²) < 4.78 is 11.5. The molecular weight excluding hydrogens is 368 g/mol. The number of methoxy groups -OCH3 is 1. The molecule has 2 rings (SSSR count). The van der Waals surface area contributed by atoms with Crippen molar-refractivity contribution < 1.29 is 19.4 Å². The number of aliphatic hydroxyl groups is 1. The maximum Gasteiger partial charge on any atom is 0.350 e. The average molecular weight is 391 g/mol. The van der Waals surface area contributed by atoms with Crippen LogP contribution in [0.15, 0.2) is 11.1 Å². The fraction of sp³-hybridized carbons (Fsp3) is 0.571. The summed E-state index contributed by atoms with van der Waals surface area (Å²) in [6, 6.07) is 0. The van der Waals surface area contributed by atoms with Crippen molar-refractivity contribution in [2.45, 2.75) is 32.2 Å². The number of H-pyrrole nitrogens is 1. The number of fused-ring (bicyclic) bond motifs is 1. The van der Waals surface area contributed by atoms with Crippen molar-refractivity contribution in [2.75, 3.05) is 19.5 Å². The molecule has 0 radical (unpaired) electrons. The molecule has 1 unspecified atom stereocenters. The summed E-state index contributed by atoms with van der Waals surface area (Å²) in [6.07, 6.45) is 0.364. The predicted molar refractivity (Wildman–Crippen MR) is 95.4 cm³/mol. The molecule has 0 fully saturated rings. The average Bonchev–Trinajstić information content (AvgIpc) is 2.97. The number of nitrogens with zero attached hydrogens (tertiary/aromatic N) is 3. The minimum absolute atomic E-state index is 0. The Kier molecular flexibility index (Phi) is 7.09. The largest absolute Gasteiger partial charge is 0.433 e. The molecule has 11 nitrogen and oxygen atoms in total. The van der Waals surface area contributed by atoms with Crippen LogP contribution in [-0.2, 0) is 19.9 Å². The first-order valence-corrected chi connectivity index (χ1v) is 7.62. The van der Waals surface area contributed by atoms with Crippen molar-refractivity contribution in [3.63, 3.8) is 0 Å². The van der Waals surface area contributed by atoms with Crippen molar-refractivity contribution >= 4 is 35.5 Å². The van der Waals surface area contributed by atoms with Gasteiger partial charge in [-0.3, -0.25) is 20.1 Å². The van der Waals surface area contributed by atoms with Gasteiger partial charge >= 0.3 is 5.97 Å². The normalized spacial score (nSPS) is 14.7. The zero-order valence-electron chi connectivity index (χ0n) is 14.6. The van der Waals surface area contributed by atoms with Crippen molar-refractivity contribution in [1.29, 1.82) is 0 Å².